The number of halogens is 7. The molecule has 7 aromatic heterocycles. The largest absolute Gasteiger partial charge is 0.444 e. The van der Waals surface area contributed by atoms with E-state index in [0.29, 0.717) is 28.4 Å². The Morgan fingerprint density at radius 1 is 0.403 bits per heavy atom. The van der Waals surface area contributed by atoms with E-state index in [9.17, 15) is 42.0 Å². The van der Waals surface area contributed by atoms with E-state index in [0.717, 1.165) is 133 Å². The highest BCUT2D eigenvalue weighted by molar-refractivity contribution is 6.33. The van der Waals surface area contributed by atoms with Gasteiger partial charge in [0.05, 0.1) is 88.6 Å². The highest BCUT2D eigenvalue weighted by Crippen LogP contribution is 2.33. The Morgan fingerprint density at radius 2 is 0.736 bits per heavy atom. The third-order valence-electron chi connectivity index (χ3n) is 19.7. The lowest BCUT2D eigenvalue weighted by Gasteiger charge is -2.33. The molecule has 0 spiro atoms. The van der Waals surface area contributed by atoms with Crippen LogP contribution in [0.25, 0.3) is 17.1 Å². The maximum atomic E-state index is 14.9. The van der Waals surface area contributed by atoms with Crippen molar-refractivity contribution in [2.45, 2.75) is 230 Å². The highest BCUT2D eigenvalue weighted by Gasteiger charge is 2.34. The molecule has 4 saturated carbocycles. The van der Waals surface area contributed by atoms with Crippen molar-refractivity contribution in [1.82, 2.24) is 80.9 Å². The van der Waals surface area contributed by atoms with Crippen molar-refractivity contribution in [3.8, 4) is 35.3 Å². The molecule has 0 bridgehead atoms. The molecule has 4 aliphatic carbocycles. The number of primary amides is 1. The Balaban J connectivity index is 0.000000183. The number of nitrogen functional groups attached to an aromatic ring is 1. The minimum Gasteiger partial charge on any atom is -0.444 e. The number of hydrogen-bond donors (Lipinski definition) is 12. The van der Waals surface area contributed by atoms with Crippen molar-refractivity contribution >= 4 is 105 Å². The van der Waals surface area contributed by atoms with E-state index in [2.05, 4.69) is 93.1 Å². The number of aromatic nitrogens is 13. The van der Waals surface area contributed by atoms with Gasteiger partial charge in [-0.2, -0.15) is 60.8 Å². The first kappa shape index (κ1) is 99.5. The number of nitriles is 3. The Bertz CT molecular complexity index is 5530. The van der Waals surface area contributed by atoms with E-state index in [1.165, 1.54) is 14.4 Å². The van der Waals surface area contributed by atoms with E-state index in [1.807, 2.05) is 69.3 Å². The van der Waals surface area contributed by atoms with Gasteiger partial charge >= 0.3 is 18.3 Å². The fourth-order valence-corrected chi connectivity index (χ4v) is 14.3. The second-order valence-corrected chi connectivity index (χ2v) is 34.3. The summed E-state index contributed by atoms with van der Waals surface area (Å²) in [5, 5.41) is 74.7. The normalized spacial score (nSPS) is 18.1. The van der Waals surface area contributed by atoms with Crippen molar-refractivity contribution in [1.29, 1.82) is 15.8 Å². The Kier molecular flexibility index (Phi) is 36.2. The van der Waals surface area contributed by atoms with Gasteiger partial charge in [-0.05, 0) is 193 Å². The molecule has 4 fully saturated rings. The summed E-state index contributed by atoms with van der Waals surface area (Å²) in [6, 6.07) is 30.6. The second-order valence-electron chi connectivity index (χ2n) is 33.3. The lowest BCUT2D eigenvalue weighted by molar-refractivity contribution is 0.0475. The molecule has 42 heteroatoms. The maximum absolute atomic E-state index is 14.9. The number of alkyl carbamates (subject to hydrolysis) is 3. The number of hydrogen-bond acceptors (Lipinski definition) is 28. The lowest BCUT2D eigenvalue weighted by atomic mass is 9.90. The van der Waals surface area contributed by atoms with Gasteiger partial charge in [0, 0.05) is 53.3 Å². The number of amides is 4. The zero-order chi connectivity index (χ0) is 93.7. The number of carbonyl (C=O) groups is 4. The predicted octanol–water partition coefficient (Wildman–Crippen LogP) is 16.0. The molecule has 0 radical (unpaired) electrons. The molecule has 7 heterocycles. The van der Waals surface area contributed by atoms with Crippen LogP contribution in [0.1, 0.15) is 192 Å². The topological polar surface area (TPSA) is 511 Å². The molecule has 8 atom stereocenters. The van der Waals surface area contributed by atoms with Crippen molar-refractivity contribution in [3.05, 3.63) is 195 Å². The fraction of sp³-hybridized carbons (Fsp3) is 0.414. The van der Waals surface area contributed by atoms with Gasteiger partial charge in [0.2, 0.25) is 0 Å². The van der Waals surface area contributed by atoms with Crippen LogP contribution >= 0.6 is 34.8 Å². The first-order valence-corrected chi connectivity index (χ1v) is 42.7. The standard InChI is InChI=1S/C25H29FN8O2.C20H23FN8O.C17H22ClFN4O2.C11H22N2O2.C8H8N4.C6HCl2FN2/c1-25(2,3)36-24(35)32-21-10-5-4-9-20(21)31-23-19(26)13-16(15-27)22(33-23)30-17-7-6-8-18(14-17)34-28-11-12-29-34;21-15-11-14(18(23)30)19(28-20(15)27-17-7-2-1-6-16(17)22)26-12-4-3-5-13(10-12)29-24-8-9-25-29;1-17(2,3)25-16(24)22-13-7-5-4-6-12(13)21-15-11(19)8-10(9-20)14(18)23-15;1-11(2,3)15-10(14)13-9-7-5-4-6-8(9)12;9-7-2-1-3-8(6-7)12-10-4-5-11-12;7-5-3(2-10)1-4(9)6(8)11-5/h6-8,11-14,20-21H,4-5,9-10H2,1-3H3,(H,32,35)(H2,30,31,33);3-5,8-11,16-17H,1-2,6-7,22H2,(H2,23,30)(H2,26,27,28);8,12-13H,4-7H2,1-3H3,(H,21,23)(H,22,24);8-9H,4-7,12H2,1-3H3,(H,13,14);1-6H,9H2;1H/t20-,21+;16-,17+;12-,13+;8-,9+;;/m1011../s1. The van der Waals surface area contributed by atoms with Gasteiger partial charge in [0.1, 0.15) is 51.1 Å². The average Bonchev–Trinajstić information content (AvgIpc) is 0.918. The van der Waals surface area contributed by atoms with Crippen molar-refractivity contribution < 1.29 is 51.0 Å². The number of anilines is 8. The first-order valence-electron chi connectivity index (χ1n) is 41.6. The minimum absolute atomic E-state index is 0.00397. The van der Waals surface area contributed by atoms with Crippen LogP contribution < -0.4 is 65.5 Å². The summed E-state index contributed by atoms with van der Waals surface area (Å²) in [5.74, 6) is -3.09. The smallest absolute Gasteiger partial charge is 0.407 e. The zero-order valence-electron chi connectivity index (χ0n) is 72.6. The minimum atomic E-state index is -0.783. The lowest BCUT2D eigenvalue weighted by Crippen LogP contribution is -2.50. The number of nitrogens with two attached hydrogens (primary N) is 4. The molecule has 0 aliphatic heterocycles. The summed E-state index contributed by atoms with van der Waals surface area (Å²) >= 11 is 16.6. The highest BCUT2D eigenvalue weighted by atomic mass is 35.5. The molecule has 10 aromatic rings. The van der Waals surface area contributed by atoms with Crippen LogP contribution in [0.5, 0.6) is 0 Å². The van der Waals surface area contributed by atoms with Gasteiger partial charge in [-0.25, -0.2) is 51.9 Å². The van der Waals surface area contributed by atoms with Crippen LogP contribution in [0.3, 0.4) is 0 Å². The molecule has 0 unspecified atom stereocenters. The first-order chi connectivity index (χ1) is 61.3. The number of ether oxygens (including phenoxy) is 3. The van der Waals surface area contributed by atoms with Crippen LogP contribution in [0, 0.1) is 57.3 Å². The summed E-state index contributed by atoms with van der Waals surface area (Å²) in [5.41, 5.74) is 25.7. The van der Waals surface area contributed by atoms with Crippen molar-refractivity contribution in [2.75, 3.05) is 32.3 Å². The van der Waals surface area contributed by atoms with Gasteiger partial charge in [-0.15, -0.1) is 0 Å². The van der Waals surface area contributed by atoms with Crippen LogP contribution in [0.15, 0.2) is 134 Å². The summed E-state index contributed by atoms with van der Waals surface area (Å²) in [4.78, 5) is 68.2. The molecule has 4 aliphatic rings. The van der Waals surface area contributed by atoms with Gasteiger partial charge in [0.25, 0.3) is 5.91 Å². The van der Waals surface area contributed by atoms with Crippen molar-refractivity contribution in [2.24, 2.45) is 17.2 Å². The molecular weight excluding hydrogens is 1730 g/mol. The van der Waals surface area contributed by atoms with Crippen LogP contribution in [0.4, 0.5) is 78.1 Å². The van der Waals surface area contributed by atoms with Crippen LogP contribution in [0.2, 0.25) is 15.5 Å². The SMILES string of the molecule is CC(C)(C)OC(=O)N[C@H]1CCCC[C@H]1N.CC(C)(C)OC(=O)N[C@H]1CCCC[C@H]1Nc1nc(Cl)c(C#N)cc1F.CC(C)(C)OC(=O)N[C@H]1CCCC[C@H]1Nc1nc(Nc2cccc(-n3nccn3)c2)c(C#N)cc1F.N#Cc1cc(F)c(Cl)nc1Cl.NC(=O)c1cc(F)c(N[C@@H]2CCCC[C@@H]2N)nc1Nc1cccc(-n2nccn2)c1.Nc1cccc(-n2nccn2)c1. The quantitative estimate of drug-likeness (QED) is 0.0174. The Labute approximate surface area is 758 Å². The van der Waals surface area contributed by atoms with Gasteiger partial charge in [-0.1, -0.05) is 104 Å². The van der Waals surface area contributed by atoms with E-state index in [4.69, 9.17) is 82.5 Å². The molecule has 4 amide bonds. The third kappa shape index (κ3) is 31.6. The number of benzene rings is 3. The molecule has 0 saturated heterocycles. The molecular formula is C87H105Cl3F4N28O7. The number of carbonyl (C=O) groups excluding carboxylic acids is 4. The van der Waals surface area contributed by atoms with Gasteiger partial charge < -0.3 is 79.7 Å². The molecule has 684 valence electrons. The Morgan fingerprint density at radius 3 is 1.15 bits per heavy atom. The second kappa shape index (κ2) is 47.0. The number of rotatable bonds is 17. The third-order valence-corrected chi connectivity index (χ3v) is 20.5. The summed E-state index contributed by atoms with van der Waals surface area (Å²) in [7, 11) is 0. The molecule has 129 heavy (non-hydrogen) atoms. The summed E-state index contributed by atoms with van der Waals surface area (Å²) in [6.45, 7) is 16.3. The zero-order valence-corrected chi connectivity index (χ0v) is 74.9. The van der Waals surface area contributed by atoms with E-state index < -0.39 is 58.2 Å². The molecule has 14 rings (SSSR count). The molecule has 35 nitrogen and oxygen atoms in total. The van der Waals surface area contributed by atoms with E-state index in [1.54, 1.807) is 121 Å². The van der Waals surface area contributed by atoms with E-state index in [-0.39, 0.29) is 121 Å². The maximum Gasteiger partial charge on any atom is 0.407 e. The van der Waals surface area contributed by atoms with Gasteiger partial charge in [-0.3, -0.25) is 4.79 Å². The number of nitrogens with one attached hydrogen (secondary N) is 8. The van der Waals surface area contributed by atoms with Gasteiger partial charge in [0.15, 0.2) is 51.7 Å². The molecule has 3 aromatic carbocycles. The number of nitrogens with zero attached hydrogens (tertiary/aromatic N) is 16. The summed E-state index contributed by atoms with van der Waals surface area (Å²) < 4.78 is 72.1. The monoisotopic (exact) mass is 1830 g/mol. The predicted molar refractivity (Wildman–Crippen MR) is 481 cm³/mol. The van der Waals surface area contributed by atoms with E-state index >= 15 is 0 Å². The average molecular weight is 1840 g/mol. The summed E-state index contributed by atoms with van der Waals surface area (Å²) in [6.07, 6.45) is 22.9. The fourth-order valence-electron chi connectivity index (χ4n) is 13.7. The van der Waals surface area contributed by atoms with Crippen LogP contribution in [-0.4, -0.2) is 154 Å². The number of pyridine rings is 4. The van der Waals surface area contributed by atoms with Crippen molar-refractivity contribution in [3.63, 3.8) is 0 Å². The van der Waals surface area contributed by atoms with Crippen LogP contribution in [-0.2, 0) is 14.2 Å². The Hall–Kier alpha value is -13.3. The molecule has 16 N–H and O–H groups in total.